The van der Waals surface area contributed by atoms with Gasteiger partial charge in [0, 0.05) is 37.8 Å². The van der Waals surface area contributed by atoms with Gasteiger partial charge in [0.05, 0.1) is 0 Å². The highest BCUT2D eigenvalue weighted by Gasteiger charge is 2.25. The first-order valence-electron chi connectivity index (χ1n) is 6.12. The second-order valence-electron chi connectivity index (χ2n) is 5.77. The van der Waals surface area contributed by atoms with E-state index < -0.39 is 0 Å². The maximum absolute atomic E-state index is 5.77. The van der Waals surface area contributed by atoms with Crippen LogP contribution in [0.5, 0.6) is 0 Å². The van der Waals surface area contributed by atoms with Crippen LogP contribution >= 0.6 is 0 Å². The highest BCUT2D eigenvalue weighted by molar-refractivity contribution is 4.82. The third-order valence-electron chi connectivity index (χ3n) is 3.22. The van der Waals surface area contributed by atoms with Crippen LogP contribution in [0.4, 0.5) is 0 Å². The van der Waals surface area contributed by atoms with Crippen molar-refractivity contribution in [3.05, 3.63) is 0 Å². The van der Waals surface area contributed by atoms with Gasteiger partial charge in [-0.1, -0.05) is 0 Å². The molecule has 1 aliphatic heterocycles. The Labute approximate surface area is 94.6 Å². The van der Waals surface area contributed by atoms with Crippen molar-refractivity contribution < 1.29 is 0 Å². The van der Waals surface area contributed by atoms with Crippen molar-refractivity contribution in [1.29, 1.82) is 0 Å². The van der Waals surface area contributed by atoms with Gasteiger partial charge in [-0.15, -0.1) is 0 Å². The summed E-state index contributed by atoms with van der Waals surface area (Å²) >= 11 is 0. The molecule has 1 heterocycles. The molecule has 1 saturated heterocycles. The van der Waals surface area contributed by atoms with E-state index in [0.717, 1.165) is 13.0 Å². The molecule has 15 heavy (non-hydrogen) atoms. The Morgan fingerprint density at radius 3 is 2.07 bits per heavy atom. The highest BCUT2D eigenvalue weighted by atomic mass is 15.3. The Hall–Kier alpha value is -0.120. The van der Waals surface area contributed by atoms with E-state index in [2.05, 4.69) is 37.5 Å². The highest BCUT2D eigenvalue weighted by Crippen LogP contribution is 2.15. The standard InChI is InChI=1S/C12H27N3/c1-11(13)5-6-14-7-9-15(10-8-14)12(2,3)4/h11H,5-10,13H2,1-4H3. The number of nitrogens with two attached hydrogens (primary N) is 1. The second-order valence-corrected chi connectivity index (χ2v) is 5.77. The van der Waals surface area contributed by atoms with Crippen LogP contribution in [0.1, 0.15) is 34.1 Å². The van der Waals surface area contributed by atoms with Gasteiger partial charge in [0.15, 0.2) is 0 Å². The lowest BCUT2D eigenvalue weighted by atomic mass is 10.0. The van der Waals surface area contributed by atoms with Crippen LogP contribution in [0.2, 0.25) is 0 Å². The van der Waals surface area contributed by atoms with Gasteiger partial charge in [0.1, 0.15) is 0 Å². The zero-order valence-electron chi connectivity index (χ0n) is 10.8. The Kier molecular flexibility index (Phi) is 4.56. The van der Waals surface area contributed by atoms with Gasteiger partial charge in [-0.05, 0) is 40.7 Å². The van der Waals surface area contributed by atoms with Crippen molar-refractivity contribution in [1.82, 2.24) is 9.80 Å². The van der Waals surface area contributed by atoms with Crippen molar-refractivity contribution >= 4 is 0 Å². The van der Waals surface area contributed by atoms with E-state index in [1.54, 1.807) is 0 Å². The second kappa shape index (κ2) is 5.28. The van der Waals surface area contributed by atoms with Gasteiger partial charge < -0.3 is 10.6 Å². The third kappa shape index (κ3) is 4.49. The molecular formula is C12H27N3. The molecule has 90 valence electrons. The summed E-state index contributed by atoms with van der Waals surface area (Å²) in [7, 11) is 0. The predicted octanol–water partition coefficient (Wildman–Crippen LogP) is 1.14. The summed E-state index contributed by atoms with van der Waals surface area (Å²) in [6, 6.07) is 0.339. The first-order chi connectivity index (χ1) is 6.89. The van der Waals surface area contributed by atoms with Gasteiger partial charge in [0.25, 0.3) is 0 Å². The maximum atomic E-state index is 5.77. The van der Waals surface area contributed by atoms with Crippen molar-refractivity contribution in [3.63, 3.8) is 0 Å². The van der Waals surface area contributed by atoms with Gasteiger partial charge in [-0.2, -0.15) is 0 Å². The SMILES string of the molecule is CC(N)CCN1CCN(C(C)(C)C)CC1. The molecule has 0 radical (unpaired) electrons. The van der Waals surface area contributed by atoms with E-state index in [4.69, 9.17) is 5.73 Å². The molecule has 1 fully saturated rings. The summed E-state index contributed by atoms with van der Waals surface area (Å²) in [5, 5.41) is 0. The molecule has 0 aromatic rings. The van der Waals surface area contributed by atoms with Crippen molar-refractivity contribution in [3.8, 4) is 0 Å². The molecule has 0 aromatic heterocycles. The van der Waals surface area contributed by atoms with E-state index in [9.17, 15) is 0 Å². The molecule has 0 amide bonds. The predicted molar refractivity (Wildman–Crippen MR) is 66.0 cm³/mol. The zero-order valence-corrected chi connectivity index (χ0v) is 10.8. The molecule has 0 spiro atoms. The lowest BCUT2D eigenvalue weighted by molar-refractivity contribution is 0.0613. The molecule has 1 rings (SSSR count). The van der Waals surface area contributed by atoms with E-state index in [-0.39, 0.29) is 0 Å². The Morgan fingerprint density at radius 1 is 1.13 bits per heavy atom. The van der Waals surface area contributed by atoms with Gasteiger partial charge >= 0.3 is 0 Å². The summed E-state index contributed by atoms with van der Waals surface area (Å²) in [6.45, 7) is 14.9. The number of piperazine rings is 1. The largest absolute Gasteiger partial charge is 0.328 e. The van der Waals surface area contributed by atoms with E-state index >= 15 is 0 Å². The fourth-order valence-electron chi connectivity index (χ4n) is 2.03. The Bertz CT molecular complexity index is 176. The van der Waals surface area contributed by atoms with Crippen molar-refractivity contribution in [2.75, 3.05) is 32.7 Å². The average Bonchev–Trinajstić information content (AvgIpc) is 2.14. The molecule has 0 saturated carbocycles. The van der Waals surface area contributed by atoms with Gasteiger partial charge in [-0.3, -0.25) is 4.90 Å². The first-order valence-corrected chi connectivity index (χ1v) is 6.12. The number of hydrogen-bond acceptors (Lipinski definition) is 3. The minimum Gasteiger partial charge on any atom is -0.328 e. The third-order valence-corrected chi connectivity index (χ3v) is 3.22. The molecule has 2 N–H and O–H groups in total. The monoisotopic (exact) mass is 213 g/mol. The molecule has 1 atom stereocenters. The topological polar surface area (TPSA) is 32.5 Å². The molecule has 0 bridgehead atoms. The van der Waals surface area contributed by atoms with E-state index in [0.29, 0.717) is 11.6 Å². The zero-order chi connectivity index (χ0) is 11.5. The average molecular weight is 213 g/mol. The normalized spacial score (nSPS) is 23.0. The number of rotatable bonds is 3. The molecular weight excluding hydrogens is 186 g/mol. The lowest BCUT2D eigenvalue weighted by Crippen LogP contribution is -2.53. The van der Waals surface area contributed by atoms with Crippen LogP contribution in [0.3, 0.4) is 0 Å². The molecule has 3 nitrogen and oxygen atoms in total. The smallest absolute Gasteiger partial charge is 0.0126 e. The van der Waals surface area contributed by atoms with Crippen LogP contribution in [0.15, 0.2) is 0 Å². The summed E-state index contributed by atoms with van der Waals surface area (Å²) in [6.07, 6.45) is 1.12. The van der Waals surface area contributed by atoms with Crippen LogP contribution in [-0.2, 0) is 0 Å². The quantitative estimate of drug-likeness (QED) is 0.763. The molecule has 3 heteroatoms. The van der Waals surface area contributed by atoms with Crippen molar-refractivity contribution in [2.45, 2.75) is 45.7 Å². The fourth-order valence-corrected chi connectivity index (χ4v) is 2.03. The minimum absolute atomic E-state index is 0.327. The molecule has 0 aliphatic carbocycles. The number of hydrogen-bond donors (Lipinski definition) is 1. The Morgan fingerprint density at radius 2 is 1.67 bits per heavy atom. The van der Waals surface area contributed by atoms with E-state index in [1.807, 2.05) is 0 Å². The summed E-state index contributed by atoms with van der Waals surface area (Å²) in [5.41, 5.74) is 6.10. The van der Waals surface area contributed by atoms with Crippen LogP contribution in [-0.4, -0.2) is 54.1 Å². The molecule has 1 aliphatic rings. The molecule has 1 unspecified atom stereocenters. The Balaban J connectivity index is 2.24. The van der Waals surface area contributed by atoms with Crippen LogP contribution in [0.25, 0.3) is 0 Å². The maximum Gasteiger partial charge on any atom is 0.0126 e. The van der Waals surface area contributed by atoms with Gasteiger partial charge in [0.2, 0.25) is 0 Å². The summed E-state index contributed by atoms with van der Waals surface area (Å²) in [5.74, 6) is 0. The van der Waals surface area contributed by atoms with Gasteiger partial charge in [-0.25, -0.2) is 0 Å². The summed E-state index contributed by atoms with van der Waals surface area (Å²) < 4.78 is 0. The van der Waals surface area contributed by atoms with E-state index in [1.165, 1.54) is 26.2 Å². The first kappa shape index (κ1) is 12.9. The lowest BCUT2D eigenvalue weighted by Gasteiger charge is -2.42. The fraction of sp³-hybridized carbons (Fsp3) is 1.00. The van der Waals surface area contributed by atoms with Crippen LogP contribution < -0.4 is 5.73 Å². The minimum atomic E-state index is 0.327. The molecule has 0 aromatic carbocycles. The van der Waals surface area contributed by atoms with Crippen molar-refractivity contribution in [2.24, 2.45) is 5.73 Å². The number of nitrogens with zero attached hydrogens (tertiary/aromatic N) is 2. The summed E-state index contributed by atoms with van der Waals surface area (Å²) in [4.78, 5) is 5.10. The van der Waals surface area contributed by atoms with Crippen LogP contribution in [0, 0.1) is 0 Å².